The molecule has 1 amide bonds. The first kappa shape index (κ1) is 13.1. The van der Waals surface area contributed by atoms with Crippen LogP contribution >= 0.6 is 0 Å². The normalized spacial score (nSPS) is 14.9. The predicted octanol–water partition coefficient (Wildman–Crippen LogP) is 1.60. The molecular formula is C15H22N2O. The van der Waals surface area contributed by atoms with Gasteiger partial charge in [-0.1, -0.05) is 24.3 Å². The maximum absolute atomic E-state index is 12.5. The van der Waals surface area contributed by atoms with Crippen molar-refractivity contribution in [2.75, 3.05) is 13.1 Å². The van der Waals surface area contributed by atoms with Crippen molar-refractivity contribution in [3.63, 3.8) is 0 Å². The van der Waals surface area contributed by atoms with E-state index in [9.17, 15) is 4.79 Å². The SMILES string of the molecule is CC(C)N(CCN)C(=O)C1Cc2ccccc2C1. The van der Waals surface area contributed by atoms with Gasteiger partial charge in [0, 0.05) is 25.0 Å². The summed E-state index contributed by atoms with van der Waals surface area (Å²) in [5.41, 5.74) is 8.25. The van der Waals surface area contributed by atoms with Gasteiger partial charge < -0.3 is 10.6 Å². The highest BCUT2D eigenvalue weighted by atomic mass is 16.2. The summed E-state index contributed by atoms with van der Waals surface area (Å²) < 4.78 is 0. The fraction of sp³-hybridized carbons (Fsp3) is 0.533. The molecule has 0 atom stereocenters. The molecule has 2 rings (SSSR count). The van der Waals surface area contributed by atoms with Crippen LogP contribution in [0.4, 0.5) is 0 Å². The third-order valence-corrected chi connectivity index (χ3v) is 3.68. The number of hydrogen-bond donors (Lipinski definition) is 1. The van der Waals surface area contributed by atoms with Crippen LogP contribution in [0.25, 0.3) is 0 Å². The first-order valence-corrected chi connectivity index (χ1v) is 6.70. The van der Waals surface area contributed by atoms with Gasteiger partial charge in [-0.3, -0.25) is 4.79 Å². The molecule has 0 spiro atoms. The third kappa shape index (κ3) is 2.56. The number of nitrogens with zero attached hydrogens (tertiary/aromatic N) is 1. The number of benzene rings is 1. The van der Waals surface area contributed by atoms with E-state index in [0.29, 0.717) is 13.1 Å². The molecular weight excluding hydrogens is 224 g/mol. The highest BCUT2D eigenvalue weighted by Crippen LogP contribution is 2.28. The van der Waals surface area contributed by atoms with Gasteiger partial charge in [0.1, 0.15) is 0 Å². The van der Waals surface area contributed by atoms with E-state index in [1.54, 1.807) is 0 Å². The molecule has 1 aliphatic carbocycles. The van der Waals surface area contributed by atoms with Crippen molar-refractivity contribution in [1.29, 1.82) is 0 Å². The zero-order chi connectivity index (χ0) is 13.1. The van der Waals surface area contributed by atoms with Crippen molar-refractivity contribution in [2.45, 2.75) is 32.7 Å². The van der Waals surface area contributed by atoms with E-state index in [0.717, 1.165) is 12.8 Å². The van der Waals surface area contributed by atoms with E-state index in [1.165, 1.54) is 11.1 Å². The Bertz CT molecular complexity index is 403. The average molecular weight is 246 g/mol. The molecule has 1 aliphatic rings. The summed E-state index contributed by atoms with van der Waals surface area (Å²) in [5, 5.41) is 0. The topological polar surface area (TPSA) is 46.3 Å². The molecule has 3 heteroatoms. The molecule has 0 fully saturated rings. The maximum Gasteiger partial charge on any atom is 0.226 e. The molecule has 18 heavy (non-hydrogen) atoms. The van der Waals surface area contributed by atoms with Crippen LogP contribution in [0.2, 0.25) is 0 Å². The van der Waals surface area contributed by atoms with E-state index in [4.69, 9.17) is 5.73 Å². The summed E-state index contributed by atoms with van der Waals surface area (Å²) in [6.45, 7) is 5.29. The Balaban J connectivity index is 2.08. The summed E-state index contributed by atoms with van der Waals surface area (Å²) >= 11 is 0. The number of amides is 1. The molecule has 0 unspecified atom stereocenters. The summed E-state index contributed by atoms with van der Waals surface area (Å²) in [6, 6.07) is 8.58. The summed E-state index contributed by atoms with van der Waals surface area (Å²) in [5.74, 6) is 0.364. The molecule has 1 aromatic carbocycles. The third-order valence-electron chi connectivity index (χ3n) is 3.68. The van der Waals surface area contributed by atoms with Crippen LogP contribution in [-0.4, -0.2) is 29.9 Å². The Hall–Kier alpha value is -1.35. The molecule has 0 saturated carbocycles. The Morgan fingerprint density at radius 1 is 1.33 bits per heavy atom. The minimum atomic E-state index is 0.108. The second-order valence-corrected chi connectivity index (χ2v) is 5.29. The van der Waals surface area contributed by atoms with E-state index in [1.807, 2.05) is 17.0 Å². The zero-order valence-corrected chi connectivity index (χ0v) is 11.2. The average Bonchev–Trinajstić information content (AvgIpc) is 2.78. The number of hydrogen-bond acceptors (Lipinski definition) is 2. The fourth-order valence-electron chi connectivity index (χ4n) is 2.73. The van der Waals surface area contributed by atoms with Gasteiger partial charge in [-0.25, -0.2) is 0 Å². The molecule has 0 aliphatic heterocycles. The summed E-state index contributed by atoms with van der Waals surface area (Å²) in [6.07, 6.45) is 1.76. The van der Waals surface area contributed by atoms with Crippen molar-refractivity contribution in [3.05, 3.63) is 35.4 Å². The van der Waals surface area contributed by atoms with Crippen molar-refractivity contribution in [3.8, 4) is 0 Å². The van der Waals surface area contributed by atoms with E-state index in [-0.39, 0.29) is 17.9 Å². The Morgan fingerprint density at radius 2 is 1.89 bits per heavy atom. The standard InChI is InChI=1S/C15H22N2O/c1-11(2)17(8-7-16)15(18)14-9-12-5-3-4-6-13(12)10-14/h3-6,11,14H,7-10,16H2,1-2H3. The number of fused-ring (bicyclic) bond motifs is 1. The molecule has 1 aromatic rings. The second-order valence-electron chi connectivity index (χ2n) is 5.29. The molecule has 2 N–H and O–H groups in total. The Kier molecular flexibility index (Phi) is 4.02. The van der Waals surface area contributed by atoms with Gasteiger partial charge in [-0.2, -0.15) is 0 Å². The van der Waals surface area contributed by atoms with E-state index >= 15 is 0 Å². The Labute approximate surface area is 109 Å². The van der Waals surface area contributed by atoms with Crippen LogP contribution in [0, 0.1) is 5.92 Å². The summed E-state index contributed by atoms with van der Waals surface area (Å²) in [7, 11) is 0. The van der Waals surface area contributed by atoms with Crippen molar-refractivity contribution < 1.29 is 4.79 Å². The zero-order valence-electron chi connectivity index (χ0n) is 11.2. The van der Waals surface area contributed by atoms with Gasteiger partial charge in [-0.05, 0) is 37.8 Å². The fourth-order valence-corrected chi connectivity index (χ4v) is 2.73. The quantitative estimate of drug-likeness (QED) is 0.877. The van der Waals surface area contributed by atoms with Crippen LogP contribution in [0.15, 0.2) is 24.3 Å². The van der Waals surface area contributed by atoms with Crippen LogP contribution in [-0.2, 0) is 17.6 Å². The van der Waals surface area contributed by atoms with Crippen molar-refractivity contribution in [1.82, 2.24) is 4.90 Å². The highest BCUT2D eigenvalue weighted by Gasteiger charge is 2.31. The van der Waals surface area contributed by atoms with Crippen LogP contribution in [0.5, 0.6) is 0 Å². The molecule has 0 bridgehead atoms. The molecule has 0 saturated heterocycles. The van der Waals surface area contributed by atoms with Crippen molar-refractivity contribution >= 4 is 5.91 Å². The highest BCUT2D eigenvalue weighted by molar-refractivity contribution is 5.80. The van der Waals surface area contributed by atoms with Gasteiger partial charge in [-0.15, -0.1) is 0 Å². The predicted molar refractivity (Wildman–Crippen MR) is 73.2 cm³/mol. The van der Waals surface area contributed by atoms with E-state index < -0.39 is 0 Å². The first-order valence-electron chi connectivity index (χ1n) is 6.70. The molecule has 0 heterocycles. The van der Waals surface area contributed by atoms with Crippen LogP contribution in [0.1, 0.15) is 25.0 Å². The smallest absolute Gasteiger partial charge is 0.226 e. The van der Waals surface area contributed by atoms with Gasteiger partial charge in [0.05, 0.1) is 0 Å². The number of nitrogens with two attached hydrogens (primary N) is 1. The lowest BCUT2D eigenvalue weighted by atomic mass is 10.0. The minimum Gasteiger partial charge on any atom is -0.339 e. The molecule has 3 nitrogen and oxygen atoms in total. The Morgan fingerprint density at radius 3 is 2.33 bits per heavy atom. The largest absolute Gasteiger partial charge is 0.339 e. The lowest BCUT2D eigenvalue weighted by Gasteiger charge is -2.28. The maximum atomic E-state index is 12.5. The van der Waals surface area contributed by atoms with E-state index in [2.05, 4.69) is 26.0 Å². The van der Waals surface area contributed by atoms with Crippen LogP contribution in [0.3, 0.4) is 0 Å². The van der Waals surface area contributed by atoms with Gasteiger partial charge in [0.2, 0.25) is 5.91 Å². The van der Waals surface area contributed by atoms with Crippen molar-refractivity contribution in [2.24, 2.45) is 11.7 Å². The minimum absolute atomic E-state index is 0.108. The molecule has 98 valence electrons. The lowest BCUT2D eigenvalue weighted by Crippen LogP contribution is -2.43. The first-order chi connectivity index (χ1) is 8.63. The number of rotatable bonds is 4. The summed E-state index contributed by atoms with van der Waals surface area (Å²) in [4.78, 5) is 14.4. The lowest BCUT2D eigenvalue weighted by molar-refractivity contribution is -0.136. The van der Waals surface area contributed by atoms with Gasteiger partial charge in [0.15, 0.2) is 0 Å². The van der Waals surface area contributed by atoms with Gasteiger partial charge in [0.25, 0.3) is 0 Å². The van der Waals surface area contributed by atoms with Gasteiger partial charge >= 0.3 is 0 Å². The molecule has 0 aromatic heterocycles. The second kappa shape index (κ2) is 5.53. The number of carbonyl (C=O) groups is 1. The van der Waals surface area contributed by atoms with Crippen LogP contribution < -0.4 is 5.73 Å². The number of carbonyl (C=O) groups excluding carboxylic acids is 1. The monoisotopic (exact) mass is 246 g/mol. The molecule has 0 radical (unpaired) electrons.